The van der Waals surface area contributed by atoms with Gasteiger partial charge in [0.25, 0.3) is 5.91 Å². The summed E-state index contributed by atoms with van der Waals surface area (Å²) >= 11 is 0. The van der Waals surface area contributed by atoms with Crippen molar-refractivity contribution in [2.45, 2.75) is 38.8 Å². The van der Waals surface area contributed by atoms with Gasteiger partial charge in [0.15, 0.2) is 11.5 Å². The first kappa shape index (κ1) is 22.1. The van der Waals surface area contributed by atoms with E-state index in [0.717, 1.165) is 5.56 Å². The quantitative estimate of drug-likeness (QED) is 0.567. The molecule has 0 bridgehead atoms. The van der Waals surface area contributed by atoms with E-state index in [1.165, 1.54) is 0 Å². The minimum Gasteiger partial charge on any atom is -0.480 e. The Morgan fingerprint density at radius 2 is 1.68 bits per heavy atom. The molecular weight excluding hydrogens is 400 g/mol. The molecule has 2 amide bonds. The Labute approximate surface area is 180 Å². The van der Waals surface area contributed by atoms with Gasteiger partial charge >= 0.3 is 5.97 Å². The number of amides is 2. The molecule has 0 saturated carbocycles. The van der Waals surface area contributed by atoms with Crippen molar-refractivity contribution in [1.29, 1.82) is 0 Å². The maximum Gasteiger partial charge on any atom is 0.326 e. The molecule has 0 saturated heterocycles. The van der Waals surface area contributed by atoms with Crippen LogP contribution in [0.1, 0.15) is 36.2 Å². The molecule has 31 heavy (non-hydrogen) atoms. The second-order valence-electron chi connectivity index (χ2n) is 7.81. The van der Waals surface area contributed by atoms with Gasteiger partial charge < -0.3 is 25.2 Å². The van der Waals surface area contributed by atoms with Gasteiger partial charge in [-0.05, 0) is 42.2 Å². The van der Waals surface area contributed by atoms with Gasteiger partial charge in [-0.2, -0.15) is 0 Å². The molecule has 1 heterocycles. The molecule has 3 N–H and O–H groups in total. The van der Waals surface area contributed by atoms with E-state index in [1.54, 1.807) is 48.5 Å². The summed E-state index contributed by atoms with van der Waals surface area (Å²) in [4.78, 5) is 37.3. The number of carboxylic acids is 1. The van der Waals surface area contributed by atoms with E-state index in [9.17, 15) is 19.5 Å². The van der Waals surface area contributed by atoms with Gasteiger partial charge in [0.05, 0.1) is 0 Å². The highest BCUT2D eigenvalue weighted by Gasteiger charge is 2.28. The number of carbonyl (C=O) groups is 3. The average molecular weight is 426 g/mol. The summed E-state index contributed by atoms with van der Waals surface area (Å²) in [6.07, 6.45) is 0.444. The van der Waals surface area contributed by atoms with Crippen LogP contribution in [0.2, 0.25) is 0 Å². The standard InChI is InChI=1S/C23H26N2O6/c1-14(2)10-18(23(28)29)25-22(27)17(24-21(26)16-6-4-3-5-7-16)11-15-8-9-19-20(12-15)31-13-30-19/h3-9,12,14,17-18H,10-11,13H2,1-2H3,(H,24,26)(H,25,27)(H,28,29). The Hall–Kier alpha value is -3.55. The summed E-state index contributed by atoms with van der Waals surface area (Å²) in [5, 5.41) is 14.8. The van der Waals surface area contributed by atoms with Gasteiger partial charge in [-0.1, -0.05) is 38.1 Å². The lowest BCUT2D eigenvalue weighted by atomic mass is 10.0. The Morgan fingerprint density at radius 1 is 0.968 bits per heavy atom. The van der Waals surface area contributed by atoms with Crippen LogP contribution in [0.4, 0.5) is 0 Å². The van der Waals surface area contributed by atoms with Crippen molar-refractivity contribution in [3.8, 4) is 11.5 Å². The van der Waals surface area contributed by atoms with Crippen molar-refractivity contribution in [2.24, 2.45) is 5.92 Å². The number of carbonyl (C=O) groups excluding carboxylic acids is 2. The van der Waals surface area contributed by atoms with Crippen LogP contribution >= 0.6 is 0 Å². The van der Waals surface area contributed by atoms with Gasteiger partial charge in [0.2, 0.25) is 12.7 Å². The number of carboxylic acid groups (broad SMARTS) is 1. The lowest BCUT2D eigenvalue weighted by Gasteiger charge is -2.22. The van der Waals surface area contributed by atoms with Gasteiger partial charge in [-0.25, -0.2) is 4.79 Å². The summed E-state index contributed by atoms with van der Waals surface area (Å²) in [6.45, 7) is 3.88. The number of hydrogen-bond donors (Lipinski definition) is 3. The van der Waals surface area contributed by atoms with Gasteiger partial charge in [-0.15, -0.1) is 0 Å². The van der Waals surface area contributed by atoms with E-state index in [4.69, 9.17) is 9.47 Å². The van der Waals surface area contributed by atoms with Crippen LogP contribution in [0, 0.1) is 5.92 Å². The zero-order valence-electron chi connectivity index (χ0n) is 17.5. The third kappa shape index (κ3) is 5.97. The first-order valence-corrected chi connectivity index (χ1v) is 10.1. The Kier molecular flexibility index (Phi) is 7.12. The topological polar surface area (TPSA) is 114 Å². The molecule has 2 atom stereocenters. The number of aliphatic carboxylic acids is 1. The minimum absolute atomic E-state index is 0.0765. The van der Waals surface area contributed by atoms with E-state index >= 15 is 0 Å². The van der Waals surface area contributed by atoms with E-state index in [2.05, 4.69) is 10.6 Å². The second-order valence-corrected chi connectivity index (χ2v) is 7.81. The molecule has 1 aliphatic heterocycles. The molecule has 8 nitrogen and oxygen atoms in total. The third-order valence-corrected chi connectivity index (χ3v) is 4.86. The summed E-state index contributed by atoms with van der Waals surface area (Å²) in [6, 6.07) is 11.8. The van der Waals surface area contributed by atoms with E-state index < -0.39 is 29.9 Å². The van der Waals surface area contributed by atoms with Crippen molar-refractivity contribution in [2.75, 3.05) is 6.79 Å². The van der Waals surface area contributed by atoms with Crippen molar-refractivity contribution < 1.29 is 29.0 Å². The van der Waals surface area contributed by atoms with Crippen LogP contribution in [-0.2, 0) is 16.0 Å². The molecule has 0 aromatic heterocycles. The zero-order chi connectivity index (χ0) is 22.4. The molecule has 2 aromatic rings. The van der Waals surface area contributed by atoms with Gasteiger partial charge in [-0.3, -0.25) is 9.59 Å². The van der Waals surface area contributed by atoms with Crippen LogP contribution in [0.5, 0.6) is 11.5 Å². The van der Waals surface area contributed by atoms with E-state index in [1.807, 2.05) is 13.8 Å². The lowest BCUT2D eigenvalue weighted by Crippen LogP contribution is -2.52. The van der Waals surface area contributed by atoms with Crippen LogP contribution in [0.15, 0.2) is 48.5 Å². The summed E-state index contributed by atoms with van der Waals surface area (Å²) in [5.74, 6) is -0.840. The fourth-order valence-electron chi connectivity index (χ4n) is 3.31. The largest absolute Gasteiger partial charge is 0.480 e. The molecule has 0 spiro atoms. The molecule has 164 valence electrons. The predicted octanol–water partition coefficient (Wildman–Crippen LogP) is 2.37. The molecule has 2 aromatic carbocycles. The van der Waals surface area contributed by atoms with Crippen molar-refractivity contribution >= 4 is 17.8 Å². The Morgan fingerprint density at radius 3 is 2.35 bits per heavy atom. The summed E-state index contributed by atoms with van der Waals surface area (Å²) < 4.78 is 10.7. The summed E-state index contributed by atoms with van der Waals surface area (Å²) in [5.41, 5.74) is 1.15. The van der Waals surface area contributed by atoms with Crippen LogP contribution in [0.3, 0.4) is 0 Å². The maximum absolute atomic E-state index is 13.0. The maximum atomic E-state index is 13.0. The van der Waals surface area contributed by atoms with E-state index in [-0.39, 0.29) is 25.6 Å². The number of ether oxygens (including phenoxy) is 2. The molecule has 1 aliphatic rings. The van der Waals surface area contributed by atoms with Crippen molar-refractivity contribution in [3.05, 3.63) is 59.7 Å². The zero-order valence-corrected chi connectivity index (χ0v) is 17.5. The van der Waals surface area contributed by atoms with E-state index in [0.29, 0.717) is 17.1 Å². The fraction of sp³-hybridized carbons (Fsp3) is 0.348. The number of benzene rings is 2. The fourth-order valence-corrected chi connectivity index (χ4v) is 3.31. The van der Waals surface area contributed by atoms with Crippen LogP contribution in [-0.4, -0.2) is 41.8 Å². The molecule has 3 rings (SSSR count). The molecule has 0 aliphatic carbocycles. The smallest absolute Gasteiger partial charge is 0.326 e. The van der Waals surface area contributed by atoms with Crippen molar-refractivity contribution in [3.63, 3.8) is 0 Å². The third-order valence-electron chi connectivity index (χ3n) is 4.86. The van der Waals surface area contributed by atoms with Crippen LogP contribution < -0.4 is 20.1 Å². The highest BCUT2D eigenvalue weighted by Crippen LogP contribution is 2.32. The van der Waals surface area contributed by atoms with Gasteiger partial charge in [0.1, 0.15) is 12.1 Å². The Bertz CT molecular complexity index is 944. The molecule has 8 heteroatoms. The lowest BCUT2D eigenvalue weighted by molar-refractivity contribution is -0.142. The number of hydrogen-bond acceptors (Lipinski definition) is 5. The molecule has 0 fully saturated rings. The Balaban J connectivity index is 1.79. The SMILES string of the molecule is CC(C)CC(NC(=O)C(Cc1ccc2c(c1)OCO2)NC(=O)c1ccccc1)C(=O)O. The first-order valence-electron chi connectivity index (χ1n) is 10.1. The number of rotatable bonds is 9. The predicted molar refractivity (Wildman–Crippen MR) is 113 cm³/mol. The molecular formula is C23H26N2O6. The average Bonchev–Trinajstić information content (AvgIpc) is 3.20. The first-order chi connectivity index (χ1) is 14.8. The van der Waals surface area contributed by atoms with Gasteiger partial charge in [0, 0.05) is 12.0 Å². The monoisotopic (exact) mass is 426 g/mol. The molecule has 0 radical (unpaired) electrons. The molecule has 2 unspecified atom stereocenters. The number of fused-ring (bicyclic) bond motifs is 1. The van der Waals surface area contributed by atoms with Crippen molar-refractivity contribution in [1.82, 2.24) is 10.6 Å². The minimum atomic E-state index is -1.11. The second kappa shape index (κ2) is 9.97. The number of nitrogens with one attached hydrogen (secondary N) is 2. The van der Waals surface area contributed by atoms with Crippen LogP contribution in [0.25, 0.3) is 0 Å². The summed E-state index contributed by atoms with van der Waals surface area (Å²) in [7, 11) is 0. The normalized spacial score (nSPS) is 14.0. The highest BCUT2D eigenvalue weighted by molar-refractivity contribution is 5.98. The highest BCUT2D eigenvalue weighted by atomic mass is 16.7.